The molecule has 0 aromatic heterocycles. The molecule has 22 heavy (non-hydrogen) atoms. The molecule has 130 valence electrons. The van der Waals surface area contributed by atoms with Crippen molar-refractivity contribution >= 4 is 5.97 Å². The van der Waals surface area contributed by atoms with Crippen LogP contribution in [0, 0.1) is 17.3 Å². The molecule has 4 nitrogen and oxygen atoms in total. The van der Waals surface area contributed by atoms with E-state index in [0.717, 1.165) is 50.9 Å². The highest BCUT2D eigenvalue weighted by atomic mass is 17.5. The topological polar surface area (TPSA) is 44.8 Å². The summed E-state index contributed by atoms with van der Waals surface area (Å²) in [6, 6.07) is 0. The minimum absolute atomic E-state index is 0.0477. The molecule has 0 amide bonds. The SMILES string of the molecule is CCC(C)CCCC(=O)OOOC1CCC(C(C)(C)C)CC1. The van der Waals surface area contributed by atoms with Gasteiger partial charge >= 0.3 is 5.97 Å². The van der Waals surface area contributed by atoms with Gasteiger partial charge in [-0.15, -0.1) is 0 Å². The first kappa shape index (κ1) is 19.4. The van der Waals surface area contributed by atoms with Crippen LogP contribution in [0.5, 0.6) is 0 Å². The maximum atomic E-state index is 11.5. The summed E-state index contributed by atoms with van der Waals surface area (Å²) in [5.74, 6) is 1.05. The standard InChI is InChI=1S/C18H34O4/c1-6-14(2)8-7-9-17(19)21-22-20-16-12-10-15(11-13-16)18(3,4)5/h14-16H,6-13H2,1-5H3. The molecule has 0 aromatic rings. The largest absolute Gasteiger partial charge is 0.345 e. The fourth-order valence-electron chi connectivity index (χ4n) is 2.98. The molecule has 1 fully saturated rings. The van der Waals surface area contributed by atoms with E-state index in [9.17, 15) is 4.79 Å². The van der Waals surface area contributed by atoms with Crippen molar-refractivity contribution in [2.75, 3.05) is 0 Å². The zero-order valence-electron chi connectivity index (χ0n) is 15.0. The number of carbonyl (C=O) groups is 1. The van der Waals surface area contributed by atoms with Gasteiger partial charge in [0.15, 0.2) is 0 Å². The van der Waals surface area contributed by atoms with Crippen LogP contribution in [-0.2, 0) is 19.6 Å². The summed E-state index contributed by atoms with van der Waals surface area (Å²) in [4.78, 5) is 21.4. The van der Waals surface area contributed by atoms with E-state index in [4.69, 9.17) is 14.8 Å². The Bertz CT molecular complexity index is 314. The zero-order valence-corrected chi connectivity index (χ0v) is 15.0. The van der Waals surface area contributed by atoms with E-state index < -0.39 is 0 Å². The zero-order chi connectivity index (χ0) is 16.6. The van der Waals surface area contributed by atoms with Crippen molar-refractivity contribution in [2.24, 2.45) is 17.3 Å². The molecule has 1 aliphatic rings. The molecule has 0 aliphatic heterocycles. The second-order valence-electron chi connectivity index (χ2n) is 7.86. The molecule has 1 atom stereocenters. The number of rotatable bonds is 8. The van der Waals surface area contributed by atoms with E-state index in [0.29, 0.717) is 17.8 Å². The summed E-state index contributed by atoms with van der Waals surface area (Å²) in [5, 5.41) is 4.69. The van der Waals surface area contributed by atoms with Gasteiger partial charge in [-0.3, -0.25) is 4.89 Å². The Balaban J connectivity index is 2.07. The third-order valence-electron chi connectivity index (χ3n) is 4.98. The van der Waals surface area contributed by atoms with Crippen molar-refractivity contribution in [1.29, 1.82) is 0 Å². The first-order chi connectivity index (χ1) is 10.3. The van der Waals surface area contributed by atoms with Crippen molar-refractivity contribution in [3.05, 3.63) is 0 Å². The van der Waals surface area contributed by atoms with Crippen molar-refractivity contribution in [3.63, 3.8) is 0 Å². The maximum absolute atomic E-state index is 11.5. The molecule has 0 saturated heterocycles. The monoisotopic (exact) mass is 314 g/mol. The van der Waals surface area contributed by atoms with E-state index in [1.165, 1.54) is 0 Å². The Morgan fingerprint density at radius 3 is 2.36 bits per heavy atom. The van der Waals surface area contributed by atoms with Crippen LogP contribution in [0.25, 0.3) is 0 Å². The Morgan fingerprint density at radius 1 is 1.18 bits per heavy atom. The summed E-state index contributed by atoms with van der Waals surface area (Å²) in [7, 11) is 0. The van der Waals surface area contributed by atoms with Gasteiger partial charge in [0.25, 0.3) is 0 Å². The average Bonchev–Trinajstić information content (AvgIpc) is 2.46. The molecule has 1 unspecified atom stereocenters. The van der Waals surface area contributed by atoms with Crippen molar-refractivity contribution in [1.82, 2.24) is 0 Å². The third-order valence-corrected chi connectivity index (χ3v) is 4.98. The molecule has 1 aliphatic carbocycles. The summed E-state index contributed by atoms with van der Waals surface area (Å²) >= 11 is 0. The average molecular weight is 314 g/mol. The lowest BCUT2D eigenvalue weighted by atomic mass is 9.72. The van der Waals surface area contributed by atoms with Gasteiger partial charge in [-0.05, 0) is 54.4 Å². The Labute approximate surface area is 135 Å². The maximum Gasteiger partial charge on any atom is 0.345 e. The molecular weight excluding hydrogens is 280 g/mol. The smallest absolute Gasteiger partial charge is 0.269 e. The summed E-state index contributed by atoms with van der Waals surface area (Å²) in [5.41, 5.74) is 0.355. The fourth-order valence-corrected chi connectivity index (χ4v) is 2.98. The van der Waals surface area contributed by atoms with Gasteiger partial charge in [-0.2, -0.15) is 4.89 Å². The Kier molecular flexibility index (Phi) is 8.40. The van der Waals surface area contributed by atoms with Crippen LogP contribution in [0.3, 0.4) is 0 Å². The molecule has 0 spiro atoms. The molecular formula is C18H34O4. The van der Waals surface area contributed by atoms with Crippen LogP contribution >= 0.6 is 0 Å². The number of carbonyl (C=O) groups excluding carboxylic acids is 1. The highest BCUT2D eigenvalue weighted by Crippen LogP contribution is 2.38. The molecule has 0 heterocycles. The van der Waals surface area contributed by atoms with Crippen LogP contribution in [0.4, 0.5) is 0 Å². The first-order valence-electron chi connectivity index (χ1n) is 8.85. The molecule has 0 radical (unpaired) electrons. The van der Waals surface area contributed by atoms with E-state index in [-0.39, 0.29) is 12.1 Å². The molecule has 1 saturated carbocycles. The number of hydrogen-bond donors (Lipinski definition) is 0. The summed E-state index contributed by atoms with van der Waals surface area (Å²) < 4.78 is 0. The quantitative estimate of drug-likeness (QED) is 0.455. The van der Waals surface area contributed by atoms with Crippen molar-refractivity contribution in [3.8, 4) is 0 Å². The normalized spacial score (nSPS) is 24.0. The van der Waals surface area contributed by atoms with Gasteiger partial charge in [0.05, 0.1) is 6.10 Å². The fraction of sp³-hybridized carbons (Fsp3) is 0.944. The molecule has 0 aromatic carbocycles. The van der Waals surface area contributed by atoms with Crippen LogP contribution < -0.4 is 0 Å². The van der Waals surface area contributed by atoms with Gasteiger partial charge in [0.2, 0.25) is 0 Å². The third kappa shape index (κ3) is 7.59. The van der Waals surface area contributed by atoms with E-state index in [1.54, 1.807) is 0 Å². The molecule has 4 heteroatoms. The molecule has 1 rings (SSSR count). The highest BCUT2D eigenvalue weighted by molar-refractivity contribution is 5.68. The van der Waals surface area contributed by atoms with Gasteiger partial charge in [0.1, 0.15) is 0 Å². The van der Waals surface area contributed by atoms with Gasteiger partial charge < -0.3 is 0 Å². The minimum atomic E-state index is -0.341. The highest BCUT2D eigenvalue weighted by Gasteiger charge is 2.30. The van der Waals surface area contributed by atoms with Gasteiger partial charge in [-0.25, -0.2) is 4.79 Å². The summed E-state index contributed by atoms with van der Waals surface area (Å²) in [6.45, 7) is 11.2. The molecule has 0 bridgehead atoms. The van der Waals surface area contributed by atoms with Crippen LogP contribution in [0.15, 0.2) is 0 Å². The van der Waals surface area contributed by atoms with Gasteiger partial charge in [0, 0.05) is 6.42 Å². The molecule has 0 N–H and O–H groups in total. The van der Waals surface area contributed by atoms with E-state index >= 15 is 0 Å². The Morgan fingerprint density at radius 2 is 1.82 bits per heavy atom. The first-order valence-corrected chi connectivity index (χ1v) is 8.85. The lowest BCUT2D eigenvalue weighted by Crippen LogP contribution is -2.29. The predicted molar refractivity (Wildman–Crippen MR) is 86.8 cm³/mol. The Hall–Kier alpha value is -0.610. The van der Waals surface area contributed by atoms with Crippen molar-refractivity contribution < 1.29 is 19.6 Å². The predicted octanol–water partition coefficient (Wildman–Crippen LogP) is 5.21. The van der Waals surface area contributed by atoms with E-state index in [1.807, 2.05) is 0 Å². The van der Waals surface area contributed by atoms with Crippen LogP contribution in [0.2, 0.25) is 0 Å². The summed E-state index contributed by atoms with van der Waals surface area (Å²) in [6.07, 6.45) is 7.68. The minimum Gasteiger partial charge on any atom is -0.269 e. The lowest BCUT2D eigenvalue weighted by molar-refractivity contribution is -0.503. The second-order valence-corrected chi connectivity index (χ2v) is 7.86. The van der Waals surface area contributed by atoms with E-state index in [2.05, 4.69) is 34.6 Å². The number of hydrogen-bond acceptors (Lipinski definition) is 4. The van der Waals surface area contributed by atoms with Crippen molar-refractivity contribution in [2.45, 2.75) is 92.1 Å². The van der Waals surface area contributed by atoms with Crippen LogP contribution in [0.1, 0.15) is 86.0 Å². The second kappa shape index (κ2) is 9.51. The van der Waals surface area contributed by atoms with Gasteiger partial charge in [-0.1, -0.05) is 47.5 Å². The van der Waals surface area contributed by atoms with Crippen LogP contribution in [-0.4, -0.2) is 12.1 Å². The lowest BCUT2D eigenvalue weighted by Gasteiger charge is -2.35.